The molecule has 6 heteroatoms. The number of aromatic amines is 1. The molecule has 0 aromatic carbocycles. The molecule has 0 saturated heterocycles. The minimum atomic E-state index is -0.887. The summed E-state index contributed by atoms with van der Waals surface area (Å²) in [4.78, 5) is 14.2. The van der Waals surface area contributed by atoms with Crippen molar-refractivity contribution in [3.8, 4) is 0 Å². The van der Waals surface area contributed by atoms with Crippen LogP contribution >= 0.6 is 0 Å². The summed E-state index contributed by atoms with van der Waals surface area (Å²) in [5.74, 6) is -0.633. The number of rotatable bonds is 4. The summed E-state index contributed by atoms with van der Waals surface area (Å²) in [6, 6.07) is 0. The van der Waals surface area contributed by atoms with Gasteiger partial charge >= 0.3 is 5.97 Å². The van der Waals surface area contributed by atoms with E-state index in [9.17, 15) is 4.79 Å². The molecule has 1 aromatic rings. The second kappa shape index (κ2) is 3.82. The molecule has 0 bridgehead atoms. The Bertz CT molecular complexity index is 246. The van der Waals surface area contributed by atoms with E-state index in [1.807, 2.05) is 0 Å². The largest absolute Gasteiger partial charge is 0.481 e. The van der Waals surface area contributed by atoms with Crippen molar-refractivity contribution in [2.45, 2.75) is 12.3 Å². The molecule has 1 unspecified atom stereocenters. The molecule has 4 N–H and O–H groups in total. The highest BCUT2D eigenvalue weighted by molar-refractivity contribution is 5.67. The first-order valence-corrected chi connectivity index (χ1v) is 3.51. The zero-order valence-electron chi connectivity index (χ0n) is 6.40. The third kappa shape index (κ3) is 2.03. The molecule has 0 radical (unpaired) electrons. The van der Waals surface area contributed by atoms with Gasteiger partial charge in [0, 0.05) is 12.5 Å². The fourth-order valence-corrected chi connectivity index (χ4v) is 0.914. The number of H-pyrrole nitrogens is 1. The summed E-state index contributed by atoms with van der Waals surface area (Å²) >= 11 is 0. The Labute approximate surface area is 68.8 Å². The molecule has 1 heterocycles. The maximum atomic E-state index is 10.3. The fraction of sp³-hybridized carbons (Fsp3) is 0.500. The van der Waals surface area contributed by atoms with Crippen molar-refractivity contribution in [3.05, 3.63) is 12.2 Å². The summed E-state index contributed by atoms with van der Waals surface area (Å²) in [5, 5.41) is 14.7. The molecule has 0 fully saturated rings. The third-order valence-corrected chi connectivity index (χ3v) is 1.53. The SMILES string of the molecule is NCC(CC(=O)O)c1ncn[nH]1. The fourth-order valence-electron chi connectivity index (χ4n) is 0.914. The molecule has 0 spiro atoms. The van der Waals surface area contributed by atoms with Gasteiger partial charge in [-0.3, -0.25) is 9.89 Å². The predicted molar refractivity (Wildman–Crippen MR) is 40.4 cm³/mol. The van der Waals surface area contributed by atoms with Crippen LogP contribution in [0.25, 0.3) is 0 Å². The second-order valence-corrected chi connectivity index (χ2v) is 2.40. The van der Waals surface area contributed by atoms with Crippen LogP contribution in [0, 0.1) is 0 Å². The van der Waals surface area contributed by atoms with Crippen molar-refractivity contribution in [1.29, 1.82) is 0 Å². The first-order chi connectivity index (χ1) is 5.74. The molecule has 0 saturated carbocycles. The summed E-state index contributed by atoms with van der Waals surface area (Å²) in [6.45, 7) is 0.251. The van der Waals surface area contributed by atoms with Crippen LogP contribution in [0.1, 0.15) is 18.2 Å². The van der Waals surface area contributed by atoms with Crippen molar-refractivity contribution in [3.63, 3.8) is 0 Å². The van der Waals surface area contributed by atoms with Gasteiger partial charge in [0.15, 0.2) is 0 Å². The van der Waals surface area contributed by atoms with E-state index in [4.69, 9.17) is 10.8 Å². The highest BCUT2D eigenvalue weighted by Gasteiger charge is 2.15. The van der Waals surface area contributed by atoms with Crippen LogP contribution in [-0.4, -0.2) is 32.8 Å². The Hall–Kier alpha value is -1.43. The van der Waals surface area contributed by atoms with Crippen LogP contribution in [0.4, 0.5) is 0 Å². The number of carboxylic acids is 1. The Balaban J connectivity index is 2.63. The molecule has 0 aliphatic heterocycles. The first-order valence-electron chi connectivity index (χ1n) is 3.51. The van der Waals surface area contributed by atoms with Crippen molar-refractivity contribution in [2.75, 3.05) is 6.54 Å². The summed E-state index contributed by atoms with van der Waals surface area (Å²) in [6.07, 6.45) is 1.31. The average Bonchev–Trinajstić information content (AvgIpc) is 2.51. The smallest absolute Gasteiger partial charge is 0.304 e. The quantitative estimate of drug-likeness (QED) is 0.555. The Morgan fingerprint density at radius 3 is 3.00 bits per heavy atom. The van der Waals surface area contributed by atoms with E-state index in [0.717, 1.165) is 0 Å². The molecule has 1 rings (SSSR count). The van der Waals surface area contributed by atoms with Gasteiger partial charge < -0.3 is 10.8 Å². The Morgan fingerprint density at radius 1 is 1.83 bits per heavy atom. The topological polar surface area (TPSA) is 105 Å². The predicted octanol–water partition coefficient (Wildman–Crippen LogP) is -0.678. The van der Waals surface area contributed by atoms with Crippen molar-refractivity contribution in [2.24, 2.45) is 5.73 Å². The second-order valence-electron chi connectivity index (χ2n) is 2.40. The van der Waals surface area contributed by atoms with Crippen molar-refractivity contribution in [1.82, 2.24) is 15.2 Å². The number of hydrogen-bond donors (Lipinski definition) is 3. The molecular weight excluding hydrogens is 160 g/mol. The van der Waals surface area contributed by atoms with Gasteiger partial charge in [-0.15, -0.1) is 0 Å². The van der Waals surface area contributed by atoms with Crippen molar-refractivity contribution >= 4 is 5.97 Å². The zero-order chi connectivity index (χ0) is 8.97. The Morgan fingerprint density at radius 2 is 2.58 bits per heavy atom. The van der Waals surface area contributed by atoms with Gasteiger partial charge in [-0.1, -0.05) is 0 Å². The van der Waals surface area contributed by atoms with E-state index in [2.05, 4.69) is 15.2 Å². The van der Waals surface area contributed by atoms with Gasteiger partial charge in [0.2, 0.25) is 0 Å². The van der Waals surface area contributed by atoms with Gasteiger partial charge in [0.05, 0.1) is 6.42 Å². The number of aliphatic carboxylic acids is 1. The molecule has 0 aliphatic rings. The number of hydrogen-bond acceptors (Lipinski definition) is 4. The third-order valence-electron chi connectivity index (χ3n) is 1.53. The maximum absolute atomic E-state index is 10.3. The van der Waals surface area contributed by atoms with Crippen LogP contribution in [-0.2, 0) is 4.79 Å². The standard InChI is InChI=1S/C6H10N4O2/c7-2-4(1-5(11)12)6-8-3-9-10-6/h3-4H,1-2,7H2,(H,11,12)(H,8,9,10). The van der Waals surface area contributed by atoms with Crippen LogP contribution in [0.2, 0.25) is 0 Å². The lowest BCUT2D eigenvalue weighted by Gasteiger charge is -2.06. The van der Waals surface area contributed by atoms with E-state index in [1.165, 1.54) is 6.33 Å². The van der Waals surface area contributed by atoms with Crippen molar-refractivity contribution < 1.29 is 9.90 Å². The summed E-state index contributed by atoms with van der Waals surface area (Å²) in [5.41, 5.74) is 5.36. The van der Waals surface area contributed by atoms with E-state index >= 15 is 0 Å². The van der Waals surface area contributed by atoms with E-state index < -0.39 is 5.97 Å². The lowest BCUT2D eigenvalue weighted by Crippen LogP contribution is -2.17. The molecule has 1 aromatic heterocycles. The molecule has 6 nitrogen and oxygen atoms in total. The molecule has 0 amide bonds. The molecule has 66 valence electrons. The molecule has 12 heavy (non-hydrogen) atoms. The van der Waals surface area contributed by atoms with Gasteiger partial charge in [0.25, 0.3) is 0 Å². The molecule has 1 atom stereocenters. The average molecular weight is 170 g/mol. The lowest BCUT2D eigenvalue weighted by molar-refractivity contribution is -0.137. The summed E-state index contributed by atoms with van der Waals surface area (Å²) < 4.78 is 0. The van der Waals surface area contributed by atoms with Gasteiger partial charge in [-0.05, 0) is 0 Å². The number of aromatic nitrogens is 3. The summed E-state index contributed by atoms with van der Waals surface area (Å²) in [7, 11) is 0. The van der Waals surface area contributed by atoms with Crippen LogP contribution in [0.15, 0.2) is 6.33 Å². The number of nitrogens with one attached hydrogen (secondary N) is 1. The maximum Gasteiger partial charge on any atom is 0.304 e. The highest BCUT2D eigenvalue weighted by atomic mass is 16.4. The zero-order valence-corrected chi connectivity index (χ0v) is 6.40. The molecular formula is C6H10N4O2. The minimum Gasteiger partial charge on any atom is -0.481 e. The number of nitrogens with zero attached hydrogens (tertiary/aromatic N) is 2. The monoisotopic (exact) mass is 170 g/mol. The first kappa shape index (κ1) is 8.66. The lowest BCUT2D eigenvalue weighted by atomic mass is 10.1. The number of carbonyl (C=O) groups is 1. The van der Waals surface area contributed by atoms with Gasteiger partial charge in [-0.2, -0.15) is 5.10 Å². The van der Waals surface area contributed by atoms with Crippen LogP contribution < -0.4 is 5.73 Å². The van der Waals surface area contributed by atoms with E-state index in [-0.39, 0.29) is 18.9 Å². The molecule has 0 aliphatic carbocycles. The van der Waals surface area contributed by atoms with Crippen LogP contribution in [0.3, 0.4) is 0 Å². The number of nitrogens with two attached hydrogens (primary N) is 1. The highest BCUT2D eigenvalue weighted by Crippen LogP contribution is 2.12. The Kier molecular flexibility index (Phi) is 2.76. The van der Waals surface area contributed by atoms with E-state index in [1.54, 1.807) is 0 Å². The number of carboxylic acid groups (broad SMARTS) is 1. The van der Waals surface area contributed by atoms with Crippen LogP contribution in [0.5, 0.6) is 0 Å². The van der Waals surface area contributed by atoms with Gasteiger partial charge in [0.1, 0.15) is 12.2 Å². The normalized spacial score (nSPS) is 12.8. The van der Waals surface area contributed by atoms with Gasteiger partial charge in [-0.25, -0.2) is 4.98 Å². The minimum absolute atomic E-state index is 0.0221. The van der Waals surface area contributed by atoms with E-state index in [0.29, 0.717) is 5.82 Å².